The molecule has 4 rings (SSSR count). The maximum absolute atomic E-state index is 11.7. The molecule has 4 aromatic rings. The number of ether oxygens (including phenoxy) is 1. The Morgan fingerprint density at radius 2 is 1.67 bits per heavy atom. The molecule has 0 atom stereocenters. The smallest absolute Gasteiger partial charge is 0.167 e. The summed E-state index contributed by atoms with van der Waals surface area (Å²) >= 11 is 12.9. The van der Waals surface area contributed by atoms with Crippen molar-refractivity contribution in [3.63, 3.8) is 0 Å². The van der Waals surface area contributed by atoms with Crippen molar-refractivity contribution in [2.75, 3.05) is 0 Å². The molecule has 3 nitrogen and oxygen atoms in total. The van der Waals surface area contributed by atoms with Crippen molar-refractivity contribution in [2.24, 2.45) is 0 Å². The number of pyridine rings is 1. The second kappa shape index (κ2) is 7.47. The van der Waals surface area contributed by atoms with Crippen LogP contribution in [0.3, 0.4) is 0 Å². The second-order valence-corrected chi connectivity index (χ2v) is 6.91. The summed E-state index contributed by atoms with van der Waals surface area (Å²) in [6.07, 6.45) is 2.67. The molecule has 0 radical (unpaired) electrons. The summed E-state index contributed by atoms with van der Waals surface area (Å²) in [6.45, 7) is 0.395. The zero-order valence-corrected chi connectivity index (χ0v) is 15.7. The quantitative estimate of drug-likeness (QED) is 0.371. The zero-order valence-electron chi connectivity index (χ0n) is 14.2. The zero-order chi connectivity index (χ0) is 18.8. The number of hydrogen-bond acceptors (Lipinski definition) is 2. The highest BCUT2D eigenvalue weighted by Gasteiger charge is 2.16. The minimum Gasteiger partial charge on any atom is -0.487 e. The number of aromatic nitrogens is 1. The number of hydrogen-bond donors (Lipinski definition) is 0. The molecule has 2 aromatic heterocycles. The first-order valence-electron chi connectivity index (χ1n) is 8.39. The number of fused-ring (bicyclic) bond motifs is 1. The summed E-state index contributed by atoms with van der Waals surface area (Å²) in [6, 6.07) is 20.9. The third kappa shape index (κ3) is 3.44. The lowest BCUT2D eigenvalue weighted by molar-refractivity contribution is 0.111. The van der Waals surface area contributed by atoms with Gasteiger partial charge in [0.15, 0.2) is 6.29 Å². The molecule has 0 bridgehead atoms. The molecule has 0 fully saturated rings. The van der Waals surface area contributed by atoms with Crippen LogP contribution in [0.25, 0.3) is 16.6 Å². The lowest BCUT2D eigenvalue weighted by Gasteiger charge is -2.11. The van der Waals surface area contributed by atoms with E-state index in [2.05, 4.69) is 0 Å². The van der Waals surface area contributed by atoms with Crippen molar-refractivity contribution in [1.82, 2.24) is 4.40 Å². The van der Waals surface area contributed by atoms with E-state index in [-0.39, 0.29) is 0 Å². The number of carbonyl (C=O) groups is 1. The van der Waals surface area contributed by atoms with E-state index in [1.165, 1.54) is 0 Å². The monoisotopic (exact) mass is 395 g/mol. The number of nitrogens with zero attached hydrogens (tertiary/aromatic N) is 1. The van der Waals surface area contributed by atoms with Gasteiger partial charge in [-0.2, -0.15) is 0 Å². The lowest BCUT2D eigenvalue weighted by Crippen LogP contribution is -1.97. The summed E-state index contributed by atoms with van der Waals surface area (Å²) in [5.41, 5.74) is 3.90. The molecule has 134 valence electrons. The Morgan fingerprint density at radius 1 is 0.889 bits per heavy atom. The van der Waals surface area contributed by atoms with Crippen molar-refractivity contribution < 1.29 is 9.53 Å². The lowest BCUT2D eigenvalue weighted by atomic mass is 10.1. The fourth-order valence-electron chi connectivity index (χ4n) is 3.06. The van der Waals surface area contributed by atoms with E-state index in [9.17, 15) is 4.79 Å². The SMILES string of the molecule is O=Cc1c(-c2cc(Cl)c(OCc3ccccc3)cc2Cl)cc2ccccn12. The van der Waals surface area contributed by atoms with Gasteiger partial charge in [0.25, 0.3) is 0 Å². The highest BCUT2D eigenvalue weighted by atomic mass is 35.5. The number of benzene rings is 2. The first-order valence-corrected chi connectivity index (χ1v) is 9.14. The van der Waals surface area contributed by atoms with Gasteiger partial charge in [-0.3, -0.25) is 4.79 Å². The molecule has 0 N–H and O–H groups in total. The van der Waals surface area contributed by atoms with Crippen LogP contribution < -0.4 is 4.74 Å². The van der Waals surface area contributed by atoms with E-state index in [0.717, 1.165) is 22.9 Å². The molecule has 0 aliphatic carbocycles. The first kappa shape index (κ1) is 17.7. The van der Waals surface area contributed by atoms with Gasteiger partial charge >= 0.3 is 0 Å². The fraction of sp³-hybridized carbons (Fsp3) is 0.0455. The summed E-state index contributed by atoms with van der Waals surface area (Å²) in [5, 5.41) is 0.916. The van der Waals surface area contributed by atoms with Gasteiger partial charge in [0, 0.05) is 28.9 Å². The molecule has 5 heteroatoms. The van der Waals surface area contributed by atoms with Crippen LogP contribution in [0.4, 0.5) is 0 Å². The van der Waals surface area contributed by atoms with Gasteiger partial charge in [-0.25, -0.2) is 0 Å². The largest absolute Gasteiger partial charge is 0.487 e. The number of rotatable bonds is 5. The van der Waals surface area contributed by atoms with E-state index >= 15 is 0 Å². The highest BCUT2D eigenvalue weighted by molar-refractivity contribution is 6.36. The molecule has 0 aliphatic heterocycles. The maximum atomic E-state index is 11.7. The Bertz CT molecular complexity index is 1120. The van der Waals surface area contributed by atoms with Crippen LogP contribution in [-0.4, -0.2) is 10.7 Å². The first-order chi connectivity index (χ1) is 13.2. The van der Waals surface area contributed by atoms with Crippen molar-refractivity contribution >= 4 is 35.0 Å². The van der Waals surface area contributed by atoms with Gasteiger partial charge in [0.2, 0.25) is 0 Å². The van der Waals surface area contributed by atoms with E-state index in [0.29, 0.717) is 33.7 Å². The van der Waals surface area contributed by atoms with Crippen LogP contribution in [-0.2, 0) is 6.61 Å². The van der Waals surface area contributed by atoms with Gasteiger partial charge < -0.3 is 9.14 Å². The van der Waals surface area contributed by atoms with Crippen molar-refractivity contribution in [1.29, 1.82) is 0 Å². The third-order valence-electron chi connectivity index (χ3n) is 4.38. The number of carbonyl (C=O) groups excluding carboxylic acids is 1. The summed E-state index contributed by atoms with van der Waals surface area (Å²) in [7, 11) is 0. The van der Waals surface area contributed by atoms with Crippen LogP contribution in [0.1, 0.15) is 16.1 Å². The third-order valence-corrected chi connectivity index (χ3v) is 4.99. The van der Waals surface area contributed by atoms with Crippen molar-refractivity contribution in [3.8, 4) is 16.9 Å². The van der Waals surface area contributed by atoms with E-state index in [4.69, 9.17) is 27.9 Å². The fourth-order valence-corrected chi connectivity index (χ4v) is 3.54. The predicted molar refractivity (Wildman–Crippen MR) is 109 cm³/mol. The van der Waals surface area contributed by atoms with Gasteiger partial charge in [0.1, 0.15) is 12.4 Å². The number of aldehydes is 1. The van der Waals surface area contributed by atoms with E-state index in [1.54, 1.807) is 12.1 Å². The minimum atomic E-state index is 0.395. The predicted octanol–water partition coefficient (Wildman–Crippen LogP) is 6.30. The Balaban J connectivity index is 1.71. The van der Waals surface area contributed by atoms with E-state index in [1.807, 2.05) is 65.2 Å². The molecule has 2 heterocycles. The summed E-state index contributed by atoms with van der Waals surface area (Å²) in [4.78, 5) is 11.7. The molecule has 0 saturated carbocycles. The van der Waals surface area contributed by atoms with Gasteiger partial charge in [0.05, 0.1) is 15.7 Å². The normalized spacial score (nSPS) is 10.9. The van der Waals surface area contributed by atoms with Crippen molar-refractivity contribution in [2.45, 2.75) is 6.61 Å². The Morgan fingerprint density at radius 3 is 2.44 bits per heavy atom. The number of halogens is 2. The Hall–Kier alpha value is -2.75. The topological polar surface area (TPSA) is 30.7 Å². The molecule has 0 spiro atoms. The van der Waals surface area contributed by atoms with E-state index < -0.39 is 0 Å². The summed E-state index contributed by atoms with van der Waals surface area (Å²) < 4.78 is 7.64. The Labute approximate surface area is 166 Å². The molecule has 0 amide bonds. The van der Waals surface area contributed by atoms with Crippen LogP contribution in [0.2, 0.25) is 10.0 Å². The molecule has 27 heavy (non-hydrogen) atoms. The van der Waals surface area contributed by atoms with Crippen LogP contribution in [0.15, 0.2) is 72.9 Å². The molecule has 0 saturated heterocycles. The summed E-state index contributed by atoms with van der Waals surface area (Å²) in [5.74, 6) is 0.505. The average molecular weight is 396 g/mol. The standard InChI is InChI=1S/C22H15Cl2NO2/c23-19-12-22(27-14-15-6-2-1-3-7-15)20(24)11-17(19)18-10-16-8-4-5-9-25(16)21(18)13-26/h1-13H,14H2. The molecule has 0 unspecified atom stereocenters. The second-order valence-electron chi connectivity index (χ2n) is 6.09. The van der Waals surface area contributed by atoms with Gasteiger partial charge in [-0.05, 0) is 29.8 Å². The molecule has 0 aliphatic rings. The average Bonchev–Trinajstić information content (AvgIpc) is 3.07. The molecular weight excluding hydrogens is 381 g/mol. The maximum Gasteiger partial charge on any atom is 0.167 e. The van der Waals surface area contributed by atoms with Crippen LogP contribution >= 0.6 is 23.2 Å². The molecular formula is C22H15Cl2NO2. The van der Waals surface area contributed by atoms with Crippen LogP contribution in [0, 0.1) is 0 Å². The van der Waals surface area contributed by atoms with Gasteiger partial charge in [-0.1, -0.05) is 59.6 Å². The van der Waals surface area contributed by atoms with Crippen LogP contribution in [0.5, 0.6) is 5.75 Å². The minimum absolute atomic E-state index is 0.395. The Kier molecular flexibility index (Phi) is 4.88. The molecule has 2 aromatic carbocycles. The van der Waals surface area contributed by atoms with Gasteiger partial charge in [-0.15, -0.1) is 0 Å². The highest BCUT2D eigenvalue weighted by Crippen LogP contribution is 2.39. The van der Waals surface area contributed by atoms with Crippen molar-refractivity contribution in [3.05, 3.63) is 94.2 Å².